The van der Waals surface area contributed by atoms with Gasteiger partial charge in [-0.25, -0.2) is 0 Å². The molecule has 2 atom stereocenters. The van der Waals surface area contributed by atoms with E-state index in [1.807, 2.05) is 21.6 Å². The summed E-state index contributed by atoms with van der Waals surface area (Å²) in [5, 5.41) is 1.83. The maximum Gasteiger partial charge on any atom is 0.0444 e. The van der Waals surface area contributed by atoms with Gasteiger partial charge in [0.1, 0.15) is 0 Å². The van der Waals surface area contributed by atoms with Crippen LogP contribution in [0, 0.1) is 0 Å². The van der Waals surface area contributed by atoms with Crippen LogP contribution in [0.4, 0.5) is 0 Å². The highest BCUT2D eigenvalue weighted by Crippen LogP contribution is 2.32. The van der Waals surface area contributed by atoms with Crippen molar-refractivity contribution in [2.24, 2.45) is 0 Å². The minimum Gasteiger partial charge on any atom is -0.117 e. The van der Waals surface area contributed by atoms with Crippen LogP contribution >= 0.6 is 30.8 Å². The standard InChI is InChI=1S/C10H19PS2/c1-5-8(3)7-10(11)9(4)13-12-6-2/h9H,5-6,11H2,1-4H3. The molecule has 0 aliphatic heterocycles. The van der Waals surface area contributed by atoms with Gasteiger partial charge in [0.15, 0.2) is 0 Å². The summed E-state index contributed by atoms with van der Waals surface area (Å²) < 4.78 is 0. The second-order valence-electron chi connectivity index (χ2n) is 2.86. The van der Waals surface area contributed by atoms with Crippen molar-refractivity contribution >= 4 is 30.8 Å². The first-order valence-electron chi connectivity index (χ1n) is 4.61. The predicted molar refractivity (Wildman–Crippen MR) is 71.4 cm³/mol. The van der Waals surface area contributed by atoms with Gasteiger partial charge in [0.05, 0.1) is 0 Å². The SMILES string of the molecule is CCSSC(C)C(P)=C=C(C)CC. The lowest BCUT2D eigenvalue weighted by molar-refractivity contribution is 1.10. The van der Waals surface area contributed by atoms with Gasteiger partial charge in [-0.3, -0.25) is 0 Å². The summed E-state index contributed by atoms with van der Waals surface area (Å²) in [6.07, 6.45) is 1.09. The smallest absolute Gasteiger partial charge is 0.0444 e. The lowest BCUT2D eigenvalue weighted by atomic mass is 10.2. The molecule has 0 rings (SSSR count). The van der Waals surface area contributed by atoms with E-state index in [1.54, 1.807) is 0 Å². The van der Waals surface area contributed by atoms with Crippen molar-refractivity contribution in [2.45, 2.75) is 39.4 Å². The molecule has 0 aromatic carbocycles. The van der Waals surface area contributed by atoms with Gasteiger partial charge in [-0.1, -0.05) is 35.4 Å². The van der Waals surface area contributed by atoms with Crippen molar-refractivity contribution in [1.82, 2.24) is 0 Å². The molecule has 0 aliphatic carbocycles. The highest BCUT2D eigenvalue weighted by molar-refractivity contribution is 8.77. The molecule has 0 N–H and O–H groups in total. The van der Waals surface area contributed by atoms with Crippen molar-refractivity contribution in [3.05, 3.63) is 16.6 Å². The molecule has 0 aromatic rings. The minimum absolute atomic E-state index is 0.552. The molecule has 0 amide bonds. The first-order chi connectivity index (χ1) is 6.11. The van der Waals surface area contributed by atoms with Gasteiger partial charge >= 0.3 is 0 Å². The van der Waals surface area contributed by atoms with Gasteiger partial charge < -0.3 is 0 Å². The minimum atomic E-state index is 0.552. The fraction of sp³-hybridized carbons (Fsp3) is 0.700. The molecule has 0 aromatic heterocycles. The van der Waals surface area contributed by atoms with Crippen molar-refractivity contribution in [3.8, 4) is 0 Å². The van der Waals surface area contributed by atoms with Gasteiger partial charge in [0.25, 0.3) is 0 Å². The maximum absolute atomic E-state index is 3.40. The van der Waals surface area contributed by atoms with E-state index in [4.69, 9.17) is 0 Å². The van der Waals surface area contributed by atoms with Gasteiger partial charge in [-0.15, -0.1) is 15.0 Å². The van der Waals surface area contributed by atoms with Gasteiger partial charge in [-0.2, -0.15) is 0 Å². The molecule has 76 valence electrons. The Morgan fingerprint density at radius 3 is 2.54 bits per heavy atom. The van der Waals surface area contributed by atoms with Gasteiger partial charge in [0.2, 0.25) is 0 Å². The fourth-order valence-electron chi connectivity index (χ4n) is 0.658. The number of hydrogen-bond acceptors (Lipinski definition) is 2. The zero-order valence-corrected chi connectivity index (χ0v) is 11.7. The summed E-state index contributed by atoms with van der Waals surface area (Å²) in [5.41, 5.74) is 4.73. The Bertz CT molecular complexity index is 205. The van der Waals surface area contributed by atoms with Crippen molar-refractivity contribution < 1.29 is 0 Å². The summed E-state index contributed by atoms with van der Waals surface area (Å²) in [7, 11) is 6.62. The molecule has 0 radical (unpaired) electrons. The van der Waals surface area contributed by atoms with Crippen molar-refractivity contribution in [2.75, 3.05) is 5.75 Å². The van der Waals surface area contributed by atoms with E-state index in [1.165, 1.54) is 16.6 Å². The Balaban J connectivity index is 4.23. The number of hydrogen-bond donors (Lipinski definition) is 0. The third-order valence-corrected chi connectivity index (χ3v) is 5.44. The summed E-state index contributed by atoms with van der Waals surface area (Å²) >= 11 is 0. The van der Waals surface area contributed by atoms with Crippen LogP contribution in [0.15, 0.2) is 16.6 Å². The summed E-state index contributed by atoms with van der Waals surface area (Å²) in [5.74, 6) is 1.17. The highest BCUT2D eigenvalue weighted by Gasteiger charge is 2.03. The second-order valence-corrected chi connectivity index (χ2v) is 6.48. The molecule has 0 saturated heterocycles. The molecule has 0 heterocycles. The average Bonchev–Trinajstić information content (AvgIpc) is 2.13. The van der Waals surface area contributed by atoms with Crippen LogP contribution in [0.1, 0.15) is 34.1 Å². The molecule has 0 bridgehead atoms. The Hall–Kier alpha value is 0.650. The third kappa shape index (κ3) is 6.69. The normalized spacial score (nSPS) is 12.1. The largest absolute Gasteiger partial charge is 0.117 e. The lowest BCUT2D eigenvalue weighted by Gasteiger charge is -2.07. The highest BCUT2D eigenvalue weighted by atomic mass is 33.1. The zero-order chi connectivity index (χ0) is 10.3. The molecule has 3 heteroatoms. The van der Waals surface area contributed by atoms with Crippen LogP contribution in [-0.2, 0) is 0 Å². The molecule has 2 unspecified atom stereocenters. The molecule has 0 aliphatic rings. The van der Waals surface area contributed by atoms with Gasteiger partial charge in [-0.05, 0) is 25.8 Å². The predicted octanol–water partition coefficient (Wildman–Crippen LogP) is 4.49. The first-order valence-corrected chi connectivity index (χ1v) is 7.57. The van der Waals surface area contributed by atoms with E-state index in [-0.39, 0.29) is 0 Å². The Kier molecular flexibility index (Phi) is 8.40. The lowest BCUT2D eigenvalue weighted by Crippen LogP contribution is -1.91. The van der Waals surface area contributed by atoms with Crippen molar-refractivity contribution in [3.63, 3.8) is 0 Å². The van der Waals surface area contributed by atoms with E-state index in [9.17, 15) is 0 Å². The second kappa shape index (κ2) is 8.00. The third-order valence-electron chi connectivity index (χ3n) is 1.66. The summed E-state index contributed by atoms with van der Waals surface area (Å²) in [6, 6.07) is 0. The van der Waals surface area contributed by atoms with Gasteiger partial charge in [0, 0.05) is 16.3 Å². The Morgan fingerprint density at radius 1 is 1.46 bits per heavy atom. The molecule has 0 nitrogen and oxygen atoms in total. The summed E-state index contributed by atoms with van der Waals surface area (Å²) in [4.78, 5) is 0. The van der Waals surface area contributed by atoms with Crippen LogP contribution < -0.4 is 0 Å². The van der Waals surface area contributed by atoms with Crippen LogP contribution in [0.2, 0.25) is 0 Å². The first kappa shape index (κ1) is 13.7. The monoisotopic (exact) mass is 234 g/mol. The van der Waals surface area contributed by atoms with E-state index in [0.29, 0.717) is 5.25 Å². The molecular weight excluding hydrogens is 215 g/mol. The van der Waals surface area contributed by atoms with Crippen LogP contribution in [0.5, 0.6) is 0 Å². The average molecular weight is 234 g/mol. The van der Waals surface area contributed by atoms with E-state index < -0.39 is 0 Å². The Labute approximate surface area is 92.6 Å². The van der Waals surface area contributed by atoms with Crippen LogP contribution in [0.3, 0.4) is 0 Å². The van der Waals surface area contributed by atoms with E-state index in [0.717, 1.165) is 6.42 Å². The van der Waals surface area contributed by atoms with Crippen molar-refractivity contribution in [1.29, 1.82) is 0 Å². The summed E-state index contributed by atoms with van der Waals surface area (Å²) in [6.45, 7) is 8.71. The topological polar surface area (TPSA) is 0 Å². The van der Waals surface area contributed by atoms with E-state index >= 15 is 0 Å². The fourth-order valence-corrected chi connectivity index (χ4v) is 3.24. The van der Waals surface area contributed by atoms with E-state index in [2.05, 4.69) is 42.7 Å². The van der Waals surface area contributed by atoms with Crippen LogP contribution in [0.25, 0.3) is 0 Å². The molecular formula is C10H19PS2. The Morgan fingerprint density at radius 2 is 2.08 bits per heavy atom. The quantitative estimate of drug-likeness (QED) is 0.390. The van der Waals surface area contributed by atoms with Crippen LogP contribution in [-0.4, -0.2) is 11.0 Å². The molecule has 0 fully saturated rings. The number of rotatable bonds is 5. The zero-order valence-electron chi connectivity index (χ0n) is 8.89. The molecule has 13 heavy (non-hydrogen) atoms. The molecule has 0 saturated carbocycles. The molecule has 0 spiro atoms. The maximum atomic E-state index is 3.40.